The molecule has 1 heterocycles. The molecule has 1 nitrogen and oxygen atoms in total. The number of hydrogen-bond donors (Lipinski definition) is 0. The molecular weight excluding hydrogens is 206 g/mol. The second-order valence-electron chi connectivity index (χ2n) is 4.28. The van der Waals surface area contributed by atoms with Crippen molar-refractivity contribution < 1.29 is 0 Å². The van der Waals surface area contributed by atoms with Crippen LogP contribution < -0.4 is 4.90 Å². The van der Waals surface area contributed by atoms with Gasteiger partial charge in [-0.25, -0.2) is 0 Å². The van der Waals surface area contributed by atoms with Crippen molar-refractivity contribution in [2.75, 3.05) is 11.9 Å². The van der Waals surface area contributed by atoms with Crippen molar-refractivity contribution in [1.82, 2.24) is 0 Å². The molecule has 0 spiro atoms. The Morgan fingerprint density at radius 2 is 1.53 bits per heavy atom. The number of nitrogens with zero attached hydrogens (tertiary/aromatic N) is 1. The fourth-order valence-corrected chi connectivity index (χ4v) is 2.17. The smallest absolute Gasteiger partial charge is 0.0525 e. The van der Waals surface area contributed by atoms with Gasteiger partial charge in [-0.05, 0) is 23.8 Å². The highest BCUT2D eigenvalue weighted by Gasteiger charge is 2.10. The first-order valence-electron chi connectivity index (χ1n) is 5.75. The van der Waals surface area contributed by atoms with Crippen molar-refractivity contribution in [1.29, 1.82) is 0 Å². The number of para-hydroxylation sites is 1. The Balaban J connectivity index is 2.20. The summed E-state index contributed by atoms with van der Waals surface area (Å²) in [6, 6.07) is 16.6. The Kier molecular flexibility index (Phi) is 2.34. The quantitative estimate of drug-likeness (QED) is 0.616. The molecule has 0 fully saturated rings. The van der Waals surface area contributed by atoms with Gasteiger partial charge in [0.15, 0.2) is 0 Å². The van der Waals surface area contributed by atoms with Gasteiger partial charge < -0.3 is 4.90 Å². The summed E-state index contributed by atoms with van der Waals surface area (Å²) in [4.78, 5) is 2.25. The van der Waals surface area contributed by atoms with Gasteiger partial charge in [-0.15, -0.1) is 0 Å². The maximum atomic E-state index is 3.27. The van der Waals surface area contributed by atoms with Crippen molar-refractivity contribution in [3.05, 3.63) is 65.2 Å². The molecule has 0 amide bonds. The lowest BCUT2D eigenvalue weighted by Crippen LogP contribution is -2.19. The van der Waals surface area contributed by atoms with Gasteiger partial charge in [0, 0.05) is 24.7 Å². The third-order valence-electron chi connectivity index (χ3n) is 3.07. The van der Waals surface area contributed by atoms with Gasteiger partial charge in [-0.2, -0.15) is 0 Å². The molecule has 1 heteroatoms. The van der Waals surface area contributed by atoms with Crippen molar-refractivity contribution in [3.63, 3.8) is 0 Å². The van der Waals surface area contributed by atoms with E-state index < -0.39 is 0 Å². The van der Waals surface area contributed by atoms with E-state index in [1.165, 1.54) is 11.3 Å². The molecule has 0 radical (unpaired) electrons. The van der Waals surface area contributed by atoms with Gasteiger partial charge in [0.05, 0.1) is 5.69 Å². The summed E-state index contributed by atoms with van der Waals surface area (Å²) in [6.45, 7) is 0.905. The molecule has 2 aromatic rings. The van der Waals surface area contributed by atoms with Crippen molar-refractivity contribution in [3.8, 4) is 11.8 Å². The summed E-state index contributed by atoms with van der Waals surface area (Å²) >= 11 is 0. The summed E-state index contributed by atoms with van der Waals surface area (Å²) in [6.07, 6.45) is 0. The number of fused-ring (bicyclic) bond motifs is 2. The first-order valence-corrected chi connectivity index (χ1v) is 5.75. The van der Waals surface area contributed by atoms with Gasteiger partial charge in [-0.3, -0.25) is 0 Å². The van der Waals surface area contributed by atoms with Crippen LogP contribution in [0.1, 0.15) is 16.7 Å². The van der Waals surface area contributed by atoms with E-state index in [1.54, 1.807) is 0 Å². The first-order chi connectivity index (χ1) is 8.34. The highest BCUT2D eigenvalue weighted by molar-refractivity contribution is 5.63. The molecule has 0 N–H and O–H groups in total. The summed E-state index contributed by atoms with van der Waals surface area (Å²) in [5.74, 6) is 6.53. The molecule has 0 saturated carbocycles. The van der Waals surface area contributed by atoms with E-state index in [2.05, 4.69) is 60.2 Å². The summed E-state index contributed by atoms with van der Waals surface area (Å²) in [7, 11) is 2.11. The standard InChI is InChI=1S/C16H13N/c1-17-12-15-8-3-2-6-13(15)10-11-14-7-4-5-9-16(14)17/h2-9H,12H2,1H3. The molecule has 82 valence electrons. The molecule has 0 bridgehead atoms. The van der Waals surface area contributed by atoms with Crippen LogP contribution in [0.3, 0.4) is 0 Å². The average Bonchev–Trinajstić information content (AvgIpc) is 2.36. The second kappa shape index (κ2) is 3.99. The molecule has 1 aliphatic rings. The lowest BCUT2D eigenvalue weighted by molar-refractivity contribution is 0.917. The zero-order valence-electron chi connectivity index (χ0n) is 9.77. The SMILES string of the molecule is CN1Cc2ccccc2C#Cc2ccccc21. The van der Waals surface area contributed by atoms with Crippen LogP contribution in [0.2, 0.25) is 0 Å². The minimum atomic E-state index is 0.905. The minimum absolute atomic E-state index is 0.905. The molecule has 0 atom stereocenters. The predicted molar refractivity (Wildman–Crippen MR) is 71.0 cm³/mol. The van der Waals surface area contributed by atoms with Gasteiger partial charge in [0.2, 0.25) is 0 Å². The van der Waals surface area contributed by atoms with E-state index in [0.29, 0.717) is 0 Å². The molecule has 1 aliphatic heterocycles. The molecule has 17 heavy (non-hydrogen) atoms. The Morgan fingerprint density at radius 1 is 0.882 bits per heavy atom. The number of benzene rings is 2. The fraction of sp³-hybridized carbons (Fsp3) is 0.125. The number of hydrogen-bond acceptors (Lipinski definition) is 1. The Hall–Kier alpha value is -2.20. The Labute approximate surface area is 102 Å². The normalized spacial score (nSPS) is 12.6. The summed E-state index contributed by atoms with van der Waals surface area (Å²) in [5, 5.41) is 0. The van der Waals surface area contributed by atoms with Crippen molar-refractivity contribution in [2.24, 2.45) is 0 Å². The zero-order chi connectivity index (χ0) is 11.7. The topological polar surface area (TPSA) is 3.24 Å². The van der Waals surface area contributed by atoms with Crippen LogP contribution in [0.4, 0.5) is 5.69 Å². The monoisotopic (exact) mass is 219 g/mol. The molecule has 3 rings (SSSR count). The molecule has 0 saturated heterocycles. The van der Waals surface area contributed by atoms with Crippen molar-refractivity contribution >= 4 is 5.69 Å². The predicted octanol–water partition coefficient (Wildman–Crippen LogP) is 3.04. The van der Waals surface area contributed by atoms with E-state index in [1.807, 2.05) is 12.1 Å². The number of rotatable bonds is 0. The van der Waals surface area contributed by atoms with Crippen molar-refractivity contribution in [2.45, 2.75) is 6.54 Å². The molecule has 2 aromatic carbocycles. The van der Waals surface area contributed by atoms with Crippen LogP contribution in [-0.2, 0) is 6.54 Å². The highest BCUT2D eigenvalue weighted by atomic mass is 15.1. The third-order valence-corrected chi connectivity index (χ3v) is 3.07. The maximum absolute atomic E-state index is 3.27. The van der Waals surface area contributed by atoms with Crippen LogP contribution in [0, 0.1) is 11.8 Å². The van der Waals surface area contributed by atoms with E-state index in [9.17, 15) is 0 Å². The second-order valence-corrected chi connectivity index (χ2v) is 4.28. The van der Waals surface area contributed by atoms with E-state index in [4.69, 9.17) is 0 Å². The molecular formula is C16H13N. The third kappa shape index (κ3) is 1.79. The molecule has 0 aromatic heterocycles. The average molecular weight is 219 g/mol. The highest BCUT2D eigenvalue weighted by Crippen LogP contribution is 2.23. The lowest BCUT2D eigenvalue weighted by Gasteiger charge is -2.22. The molecule has 0 unspecified atom stereocenters. The summed E-state index contributed by atoms with van der Waals surface area (Å²) < 4.78 is 0. The first kappa shape index (κ1) is 9.99. The largest absolute Gasteiger partial charge is 0.369 e. The van der Waals surface area contributed by atoms with Crippen LogP contribution in [0.15, 0.2) is 48.5 Å². The van der Waals surface area contributed by atoms with Crippen LogP contribution in [0.5, 0.6) is 0 Å². The number of anilines is 1. The zero-order valence-corrected chi connectivity index (χ0v) is 9.77. The molecule has 0 aliphatic carbocycles. The van der Waals surface area contributed by atoms with Gasteiger partial charge in [0.25, 0.3) is 0 Å². The van der Waals surface area contributed by atoms with Crippen LogP contribution in [0.25, 0.3) is 0 Å². The Morgan fingerprint density at radius 3 is 2.41 bits per heavy atom. The van der Waals surface area contributed by atoms with E-state index >= 15 is 0 Å². The lowest BCUT2D eigenvalue weighted by atomic mass is 10.0. The van der Waals surface area contributed by atoms with Crippen LogP contribution in [-0.4, -0.2) is 7.05 Å². The van der Waals surface area contributed by atoms with Crippen LogP contribution >= 0.6 is 0 Å². The van der Waals surface area contributed by atoms with Gasteiger partial charge >= 0.3 is 0 Å². The minimum Gasteiger partial charge on any atom is -0.369 e. The fourth-order valence-electron chi connectivity index (χ4n) is 2.17. The Bertz CT molecular complexity index is 617. The van der Waals surface area contributed by atoms with E-state index in [0.717, 1.165) is 17.7 Å². The van der Waals surface area contributed by atoms with E-state index in [-0.39, 0.29) is 0 Å². The maximum Gasteiger partial charge on any atom is 0.0525 e. The van der Waals surface area contributed by atoms with Gasteiger partial charge in [-0.1, -0.05) is 42.2 Å². The summed E-state index contributed by atoms with van der Waals surface area (Å²) in [5.41, 5.74) is 4.73. The van der Waals surface area contributed by atoms with Gasteiger partial charge in [0.1, 0.15) is 0 Å².